The summed E-state index contributed by atoms with van der Waals surface area (Å²) in [5.41, 5.74) is 5.78. The summed E-state index contributed by atoms with van der Waals surface area (Å²) in [7, 11) is 0. The molecular formula is C20H30FN3O2. The van der Waals surface area contributed by atoms with Crippen molar-refractivity contribution >= 4 is 5.91 Å². The number of benzene rings is 1. The highest BCUT2D eigenvalue weighted by Crippen LogP contribution is 2.25. The molecular weight excluding hydrogens is 333 g/mol. The lowest BCUT2D eigenvalue weighted by Gasteiger charge is -2.33. The van der Waals surface area contributed by atoms with Crippen molar-refractivity contribution in [2.24, 2.45) is 5.73 Å². The Hall–Kier alpha value is -1.66. The van der Waals surface area contributed by atoms with Gasteiger partial charge in [0.05, 0.1) is 5.56 Å². The van der Waals surface area contributed by atoms with Gasteiger partial charge in [-0.15, -0.1) is 0 Å². The summed E-state index contributed by atoms with van der Waals surface area (Å²) in [4.78, 5) is 17.4. The van der Waals surface area contributed by atoms with E-state index in [4.69, 9.17) is 10.5 Å². The minimum atomic E-state index is -0.424. The van der Waals surface area contributed by atoms with Gasteiger partial charge in [-0.05, 0) is 37.5 Å². The van der Waals surface area contributed by atoms with E-state index >= 15 is 0 Å². The van der Waals surface area contributed by atoms with Crippen molar-refractivity contribution in [1.82, 2.24) is 9.80 Å². The molecule has 6 heteroatoms. The van der Waals surface area contributed by atoms with E-state index in [9.17, 15) is 9.18 Å². The fraction of sp³-hybridized carbons (Fsp3) is 0.650. The molecule has 2 N–H and O–H groups in total. The number of halogens is 1. The van der Waals surface area contributed by atoms with Crippen LogP contribution in [-0.2, 0) is 0 Å². The predicted molar refractivity (Wildman–Crippen MR) is 99.9 cm³/mol. The number of nitrogens with zero attached hydrogens (tertiary/aromatic N) is 2. The van der Waals surface area contributed by atoms with Gasteiger partial charge in [0.2, 0.25) is 0 Å². The second-order valence-electron chi connectivity index (χ2n) is 7.25. The average Bonchev–Trinajstić information content (AvgIpc) is 2.93. The smallest absolute Gasteiger partial charge is 0.257 e. The van der Waals surface area contributed by atoms with Crippen LogP contribution < -0.4 is 10.5 Å². The number of nitrogens with two attached hydrogens (primary N) is 1. The van der Waals surface area contributed by atoms with Crippen molar-refractivity contribution in [1.29, 1.82) is 0 Å². The molecule has 1 aliphatic heterocycles. The van der Waals surface area contributed by atoms with E-state index in [1.54, 1.807) is 0 Å². The third-order valence-electron chi connectivity index (χ3n) is 5.46. The molecule has 1 saturated carbocycles. The van der Waals surface area contributed by atoms with Crippen LogP contribution in [0.3, 0.4) is 0 Å². The standard InChI is InChI=1S/C20H30FN3O2/c21-16-7-8-19(26-14-9-22)18(15-16)20(25)24-11-4-10-23(12-13-24)17-5-2-1-3-6-17/h7-8,15,17H,1-6,9-14,22H2. The first-order chi connectivity index (χ1) is 12.7. The zero-order valence-corrected chi connectivity index (χ0v) is 15.5. The zero-order valence-electron chi connectivity index (χ0n) is 15.5. The van der Waals surface area contributed by atoms with Crippen LogP contribution in [0.1, 0.15) is 48.9 Å². The molecule has 0 spiro atoms. The third-order valence-corrected chi connectivity index (χ3v) is 5.46. The third kappa shape index (κ3) is 4.74. The first-order valence-electron chi connectivity index (χ1n) is 9.85. The Morgan fingerprint density at radius 2 is 1.92 bits per heavy atom. The number of ether oxygens (including phenoxy) is 1. The van der Waals surface area contributed by atoms with Gasteiger partial charge in [0, 0.05) is 38.8 Å². The van der Waals surface area contributed by atoms with E-state index in [1.807, 2.05) is 4.90 Å². The maximum atomic E-state index is 13.7. The molecule has 144 valence electrons. The summed E-state index contributed by atoms with van der Waals surface area (Å²) < 4.78 is 19.3. The molecule has 2 fully saturated rings. The van der Waals surface area contributed by atoms with E-state index < -0.39 is 5.82 Å². The summed E-state index contributed by atoms with van der Waals surface area (Å²) in [5.74, 6) is -0.163. The molecule has 1 aromatic carbocycles. The average molecular weight is 363 g/mol. The highest BCUT2D eigenvalue weighted by atomic mass is 19.1. The highest BCUT2D eigenvalue weighted by molar-refractivity contribution is 5.97. The van der Waals surface area contributed by atoms with Crippen LogP contribution in [0.25, 0.3) is 0 Å². The first kappa shape index (κ1) is 19.1. The molecule has 0 unspecified atom stereocenters. The lowest BCUT2D eigenvalue weighted by molar-refractivity contribution is 0.0750. The number of rotatable bonds is 5. The second-order valence-corrected chi connectivity index (χ2v) is 7.25. The summed E-state index contributed by atoms with van der Waals surface area (Å²) in [6, 6.07) is 4.77. The van der Waals surface area contributed by atoms with Crippen LogP contribution in [0.15, 0.2) is 18.2 Å². The van der Waals surface area contributed by atoms with E-state index in [1.165, 1.54) is 50.3 Å². The van der Waals surface area contributed by atoms with Crippen LogP contribution in [0.5, 0.6) is 5.75 Å². The lowest BCUT2D eigenvalue weighted by Crippen LogP contribution is -2.40. The molecule has 5 nitrogen and oxygen atoms in total. The van der Waals surface area contributed by atoms with Gasteiger partial charge < -0.3 is 15.4 Å². The monoisotopic (exact) mass is 363 g/mol. The largest absolute Gasteiger partial charge is 0.491 e. The molecule has 1 saturated heterocycles. The fourth-order valence-corrected chi connectivity index (χ4v) is 4.09. The van der Waals surface area contributed by atoms with E-state index in [2.05, 4.69) is 4.90 Å². The van der Waals surface area contributed by atoms with Crippen molar-refractivity contribution in [2.45, 2.75) is 44.6 Å². The van der Waals surface area contributed by atoms with Crippen molar-refractivity contribution in [3.05, 3.63) is 29.6 Å². The zero-order chi connectivity index (χ0) is 18.4. The molecule has 1 heterocycles. The first-order valence-corrected chi connectivity index (χ1v) is 9.85. The van der Waals surface area contributed by atoms with Gasteiger partial charge in [-0.2, -0.15) is 0 Å². The SMILES string of the molecule is NCCOc1ccc(F)cc1C(=O)N1CCCN(C2CCCCC2)CC1. The maximum absolute atomic E-state index is 13.7. The van der Waals surface area contributed by atoms with Gasteiger partial charge in [0.25, 0.3) is 5.91 Å². The second kappa shape index (κ2) is 9.33. The Labute approximate surface area is 155 Å². The Morgan fingerprint density at radius 3 is 2.69 bits per heavy atom. The van der Waals surface area contributed by atoms with Crippen LogP contribution >= 0.6 is 0 Å². The van der Waals surface area contributed by atoms with Gasteiger partial charge in [0.1, 0.15) is 18.2 Å². The summed E-state index contributed by atoms with van der Waals surface area (Å²) in [6.45, 7) is 3.97. The molecule has 0 aromatic heterocycles. The van der Waals surface area contributed by atoms with Crippen LogP contribution in [0, 0.1) is 5.82 Å². The normalized spacial score (nSPS) is 20.0. The van der Waals surface area contributed by atoms with Crippen molar-refractivity contribution in [3.63, 3.8) is 0 Å². The summed E-state index contributed by atoms with van der Waals surface area (Å²) in [5, 5.41) is 0. The quantitative estimate of drug-likeness (QED) is 0.874. The van der Waals surface area contributed by atoms with Gasteiger partial charge in [0.15, 0.2) is 0 Å². The van der Waals surface area contributed by atoms with E-state index in [0.29, 0.717) is 43.6 Å². The predicted octanol–water partition coefficient (Wildman–Crippen LogP) is 2.64. The number of carbonyl (C=O) groups is 1. The van der Waals surface area contributed by atoms with E-state index in [-0.39, 0.29) is 5.91 Å². The Balaban J connectivity index is 1.67. The van der Waals surface area contributed by atoms with Crippen LogP contribution in [0.4, 0.5) is 4.39 Å². The highest BCUT2D eigenvalue weighted by Gasteiger charge is 2.27. The van der Waals surface area contributed by atoms with Gasteiger partial charge >= 0.3 is 0 Å². The molecule has 3 rings (SSSR count). The van der Waals surface area contributed by atoms with Crippen molar-refractivity contribution in [2.75, 3.05) is 39.3 Å². The lowest BCUT2D eigenvalue weighted by atomic mass is 9.94. The maximum Gasteiger partial charge on any atom is 0.257 e. The Kier molecular flexibility index (Phi) is 6.86. The van der Waals surface area contributed by atoms with Gasteiger partial charge in [-0.3, -0.25) is 9.69 Å². The Bertz CT molecular complexity index is 605. The van der Waals surface area contributed by atoms with Crippen molar-refractivity contribution in [3.8, 4) is 5.75 Å². The molecule has 0 atom stereocenters. The minimum Gasteiger partial charge on any atom is -0.491 e. The Morgan fingerprint density at radius 1 is 1.12 bits per heavy atom. The van der Waals surface area contributed by atoms with Crippen LogP contribution in [-0.4, -0.2) is 61.1 Å². The molecule has 1 aliphatic carbocycles. The molecule has 0 bridgehead atoms. The van der Waals surface area contributed by atoms with Crippen molar-refractivity contribution < 1.29 is 13.9 Å². The minimum absolute atomic E-state index is 0.151. The number of carbonyl (C=O) groups excluding carboxylic acids is 1. The molecule has 2 aliphatic rings. The van der Waals surface area contributed by atoms with Gasteiger partial charge in [-0.1, -0.05) is 19.3 Å². The van der Waals surface area contributed by atoms with Crippen LogP contribution in [0.2, 0.25) is 0 Å². The molecule has 1 amide bonds. The molecule has 1 aromatic rings. The molecule has 26 heavy (non-hydrogen) atoms. The number of amides is 1. The number of hydrogen-bond donors (Lipinski definition) is 1. The van der Waals surface area contributed by atoms with E-state index in [0.717, 1.165) is 19.5 Å². The van der Waals surface area contributed by atoms with Gasteiger partial charge in [-0.25, -0.2) is 4.39 Å². The topological polar surface area (TPSA) is 58.8 Å². The fourth-order valence-electron chi connectivity index (χ4n) is 4.09. The summed E-state index contributed by atoms with van der Waals surface area (Å²) >= 11 is 0. The molecule has 0 radical (unpaired) electrons. The number of hydrogen-bond acceptors (Lipinski definition) is 4. The summed E-state index contributed by atoms with van der Waals surface area (Å²) in [6.07, 6.45) is 7.48.